The monoisotopic (exact) mass is 303 g/mol. The largest absolute Gasteiger partial charge is 0.481 e. The Kier molecular flexibility index (Phi) is 4.83. The quantitative estimate of drug-likeness (QED) is 0.855. The zero-order chi connectivity index (χ0) is 16.1. The van der Waals surface area contributed by atoms with E-state index >= 15 is 0 Å². The van der Waals surface area contributed by atoms with E-state index in [-0.39, 0.29) is 18.2 Å². The first-order valence-corrected chi connectivity index (χ1v) is 6.79. The van der Waals surface area contributed by atoms with Gasteiger partial charge in [-0.05, 0) is 43.7 Å². The molecule has 0 aliphatic carbocycles. The molecule has 0 saturated heterocycles. The summed E-state index contributed by atoms with van der Waals surface area (Å²) >= 11 is 0. The third kappa shape index (κ3) is 4.12. The molecule has 1 unspecified atom stereocenters. The zero-order valence-electron chi connectivity index (χ0n) is 12.3. The normalized spacial score (nSPS) is 11.7. The standard InChI is InChI=1S/C16H17NO5/c1-10-4-3-5-12(8-10)21-11(2)15(18)17-9-13-6-7-14(22-13)16(19)20/h3-8,11H,9H2,1-2H3,(H,17,18)(H,19,20). The van der Waals surface area contributed by atoms with Crippen LogP contribution >= 0.6 is 0 Å². The lowest BCUT2D eigenvalue weighted by atomic mass is 10.2. The van der Waals surface area contributed by atoms with Crippen molar-refractivity contribution in [2.45, 2.75) is 26.5 Å². The molecular formula is C16H17NO5. The molecule has 0 radical (unpaired) electrons. The summed E-state index contributed by atoms with van der Waals surface area (Å²) in [6.07, 6.45) is -0.671. The summed E-state index contributed by atoms with van der Waals surface area (Å²) in [6.45, 7) is 3.69. The minimum atomic E-state index is -1.14. The Bertz CT molecular complexity index is 677. The predicted octanol–water partition coefficient (Wildman–Crippen LogP) is 2.37. The van der Waals surface area contributed by atoms with Crippen LogP contribution in [0.3, 0.4) is 0 Å². The van der Waals surface area contributed by atoms with E-state index in [9.17, 15) is 9.59 Å². The van der Waals surface area contributed by atoms with Crippen molar-refractivity contribution in [3.05, 3.63) is 53.5 Å². The Hall–Kier alpha value is -2.76. The van der Waals surface area contributed by atoms with Crippen LogP contribution in [0.4, 0.5) is 0 Å². The van der Waals surface area contributed by atoms with Gasteiger partial charge in [-0.15, -0.1) is 0 Å². The van der Waals surface area contributed by atoms with Crippen LogP contribution in [0.25, 0.3) is 0 Å². The van der Waals surface area contributed by atoms with Crippen molar-refractivity contribution in [1.82, 2.24) is 5.32 Å². The molecule has 1 aromatic carbocycles. The highest BCUT2D eigenvalue weighted by atomic mass is 16.5. The fraction of sp³-hybridized carbons (Fsp3) is 0.250. The Balaban J connectivity index is 1.87. The van der Waals surface area contributed by atoms with Gasteiger partial charge in [-0.1, -0.05) is 12.1 Å². The highest BCUT2D eigenvalue weighted by molar-refractivity contribution is 5.84. The molecular weight excluding hydrogens is 286 g/mol. The van der Waals surface area contributed by atoms with Crippen LogP contribution in [0, 0.1) is 6.92 Å². The number of aromatic carboxylic acids is 1. The molecule has 0 bridgehead atoms. The number of carboxylic acid groups (broad SMARTS) is 1. The number of carbonyl (C=O) groups excluding carboxylic acids is 1. The Morgan fingerprint density at radius 1 is 1.32 bits per heavy atom. The summed E-state index contributed by atoms with van der Waals surface area (Å²) < 4.78 is 10.6. The maximum absolute atomic E-state index is 12.0. The van der Waals surface area contributed by atoms with E-state index in [2.05, 4.69) is 5.32 Å². The molecule has 0 aliphatic heterocycles. The van der Waals surface area contributed by atoms with Crippen LogP contribution in [0.2, 0.25) is 0 Å². The van der Waals surface area contributed by atoms with Crippen LogP contribution in [0.1, 0.15) is 28.8 Å². The molecule has 0 saturated carbocycles. The Morgan fingerprint density at radius 2 is 2.09 bits per heavy atom. The Labute approximate surface area is 127 Å². The number of carboxylic acids is 1. The van der Waals surface area contributed by atoms with Crippen LogP contribution < -0.4 is 10.1 Å². The maximum atomic E-state index is 12.0. The lowest BCUT2D eigenvalue weighted by Crippen LogP contribution is -2.35. The van der Waals surface area contributed by atoms with Crippen molar-refractivity contribution < 1.29 is 23.8 Å². The van der Waals surface area contributed by atoms with E-state index in [1.807, 2.05) is 25.1 Å². The summed E-state index contributed by atoms with van der Waals surface area (Å²) in [4.78, 5) is 22.6. The van der Waals surface area contributed by atoms with E-state index in [4.69, 9.17) is 14.3 Å². The number of rotatable bonds is 6. The molecule has 2 aromatic rings. The molecule has 6 heteroatoms. The van der Waals surface area contributed by atoms with Gasteiger partial charge in [0, 0.05) is 0 Å². The SMILES string of the molecule is Cc1cccc(OC(C)C(=O)NCc2ccc(C(=O)O)o2)c1. The zero-order valence-corrected chi connectivity index (χ0v) is 12.3. The molecule has 116 valence electrons. The highest BCUT2D eigenvalue weighted by Crippen LogP contribution is 2.14. The van der Waals surface area contributed by atoms with Gasteiger partial charge < -0.3 is 19.6 Å². The van der Waals surface area contributed by atoms with Gasteiger partial charge in [-0.25, -0.2) is 4.79 Å². The number of ether oxygens (including phenoxy) is 1. The number of hydrogen-bond donors (Lipinski definition) is 2. The first kappa shape index (κ1) is 15.6. The van der Waals surface area contributed by atoms with Gasteiger partial charge in [0.1, 0.15) is 11.5 Å². The minimum absolute atomic E-state index is 0.105. The van der Waals surface area contributed by atoms with Crippen molar-refractivity contribution in [2.24, 2.45) is 0 Å². The van der Waals surface area contributed by atoms with Crippen molar-refractivity contribution >= 4 is 11.9 Å². The summed E-state index contributed by atoms with van der Waals surface area (Å²) in [5, 5.41) is 11.4. The second-order valence-electron chi connectivity index (χ2n) is 4.87. The lowest BCUT2D eigenvalue weighted by molar-refractivity contribution is -0.127. The molecule has 22 heavy (non-hydrogen) atoms. The number of hydrogen-bond acceptors (Lipinski definition) is 4. The van der Waals surface area contributed by atoms with Crippen LogP contribution in [0.15, 0.2) is 40.8 Å². The number of nitrogens with one attached hydrogen (secondary N) is 1. The molecule has 1 heterocycles. The van der Waals surface area contributed by atoms with Gasteiger partial charge in [0.2, 0.25) is 5.76 Å². The van der Waals surface area contributed by atoms with Gasteiger partial charge in [-0.3, -0.25) is 4.79 Å². The number of benzene rings is 1. The van der Waals surface area contributed by atoms with Crippen LogP contribution in [-0.4, -0.2) is 23.1 Å². The molecule has 1 aromatic heterocycles. The average molecular weight is 303 g/mol. The van der Waals surface area contributed by atoms with Gasteiger partial charge in [0.25, 0.3) is 5.91 Å². The summed E-state index contributed by atoms with van der Waals surface area (Å²) in [5.74, 6) is -0.626. The van der Waals surface area contributed by atoms with E-state index < -0.39 is 12.1 Å². The van der Waals surface area contributed by atoms with E-state index in [0.29, 0.717) is 11.5 Å². The second-order valence-corrected chi connectivity index (χ2v) is 4.87. The van der Waals surface area contributed by atoms with E-state index in [0.717, 1.165) is 5.56 Å². The average Bonchev–Trinajstić information content (AvgIpc) is 2.93. The van der Waals surface area contributed by atoms with Crippen molar-refractivity contribution in [3.63, 3.8) is 0 Å². The first-order chi connectivity index (χ1) is 10.5. The van der Waals surface area contributed by atoms with E-state index in [1.165, 1.54) is 12.1 Å². The topological polar surface area (TPSA) is 88.8 Å². The second kappa shape index (κ2) is 6.80. The van der Waals surface area contributed by atoms with Crippen molar-refractivity contribution in [2.75, 3.05) is 0 Å². The summed E-state index contributed by atoms with van der Waals surface area (Å²) in [7, 11) is 0. The number of carbonyl (C=O) groups is 2. The van der Waals surface area contributed by atoms with E-state index in [1.54, 1.807) is 13.0 Å². The van der Waals surface area contributed by atoms with Crippen molar-refractivity contribution in [3.8, 4) is 5.75 Å². The molecule has 6 nitrogen and oxygen atoms in total. The van der Waals surface area contributed by atoms with Gasteiger partial charge >= 0.3 is 5.97 Å². The molecule has 1 amide bonds. The third-order valence-electron chi connectivity index (χ3n) is 2.98. The van der Waals surface area contributed by atoms with Crippen LogP contribution in [-0.2, 0) is 11.3 Å². The van der Waals surface area contributed by atoms with Crippen molar-refractivity contribution in [1.29, 1.82) is 0 Å². The Morgan fingerprint density at radius 3 is 2.73 bits per heavy atom. The fourth-order valence-electron chi connectivity index (χ4n) is 1.85. The maximum Gasteiger partial charge on any atom is 0.371 e. The van der Waals surface area contributed by atoms with Crippen LogP contribution in [0.5, 0.6) is 5.75 Å². The first-order valence-electron chi connectivity index (χ1n) is 6.79. The fourth-order valence-corrected chi connectivity index (χ4v) is 1.85. The number of furan rings is 1. The number of aryl methyl sites for hydroxylation is 1. The minimum Gasteiger partial charge on any atom is -0.481 e. The molecule has 2 N–H and O–H groups in total. The summed E-state index contributed by atoms with van der Waals surface area (Å²) in [5.41, 5.74) is 1.04. The third-order valence-corrected chi connectivity index (χ3v) is 2.98. The number of amides is 1. The molecule has 0 aliphatic rings. The smallest absolute Gasteiger partial charge is 0.371 e. The van der Waals surface area contributed by atoms with Gasteiger partial charge in [0.05, 0.1) is 6.54 Å². The van der Waals surface area contributed by atoms with Gasteiger partial charge in [-0.2, -0.15) is 0 Å². The van der Waals surface area contributed by atoms with Gasteiger partial charge in [0.15, 0.2) is 6.10 Å². The molecule has 0 fully saturated rings. The molecule has 2 rings (SSSR count). The molecule has 0 spiro atoms. The summed E-state index contributed by atoms with van der Waals surface area (Å²) in [6, 6.07) is 10.3. The lowest BCUT2D eigenvalue weighted by Gasteiger charge is -2.14. The predicted molar refractivity (Wildman–Crippen MR) is 78.8 cm³/mol. The molecule has 1 atom stereocenters. The highest BCUT2D eigenvalue weighted by Gasteiger charge is 2.15.